The minimum Gasteiger partial charge on any atom is -0.350 e. The van der Waals surface area contributed by atoms with E-state index >= 15 is 0 Å². The fourth-order valence-corrected chi connectivity index (χ4v) is 4.81. The van der Waals surface area contributed by atoms with Gasteiger partial charge in [-0.25, -0.2) is 18.7 Å². The summed E-state index contributed by atoms with van der Waals surface area (Å²) >= 11 is 0. The van der Waals surface area contributed by atoms with Gasteiger partial charge in [-0.2, -0.15) is 4.31 Å². The largest absolute Gasteiger partial charge is 0.350 e. The number of amides is 1. The van der Waals surface area contributed by atoms with Gasteiger partial charge in [0.05, 0.1) is 10.5 Å². The van der Waals surface area contributed by atoms with E-state index in [1.165, 1.54) is 16.4 Å². The van der Waals surface area contributed by atoms with Crippen LogP contribution in [0.3, 0.4) is 0 Å². The molecule has 8 heteroatoms. The number of sulfonamides is 1. The first kappa shape index (κ1) is 18.3. The quantitative estimate of drug-likeness (QED) is 0.804. The average Bonchev–Trinajstić information content (AvgIpc) is 2.67. The van der Waals surface area contributed by atoms with Crippen LogP contribution < -0.4 is 5.48 Å². The Bertz CT molecular complexity index is 695. The summed E-state index contributed by atoms with van der Waals surface area (Å²) in [5.41, 5.74) is 2.42. The van der Waals surface area contributed by atoms with E-state index in [-0.39, 0.29) is 10.5 Å². The van der Waals surface area contributed by atoms with Gasteiger partial charge in [-0.1, -0.05) is 18.6 Å². The van der Waals surface area contributed by atoms with E-state index in [1.807, 2.05) is 0 Å². The number of nitrogens with zero attached hydrogens (tertiary/aromatic N) is 1. The maximum atomic E-state index is 12.9. The smallest absolute Gasteiger partial charge is 0.276 e. The van der Waals surface area contributed by atoms with Crippen molar-refractivity contribution >= 4 is 15.9 Å². The highest BCUT2D eigenvalue weighted by Crippen LogP contribution is 2.23. The second-order valence-electron chi connectivity index (χ2n) is 6.31. The number of piperidine rings is 1. The summed E-state index contributed by atoms with van der Waals surface area (Å²) in [7, 11) is -3.70. The Morgan fingerprint density at radius 1 is 1.12 bits per heavy atom. The molecule has 7 nitrogen and oxygen atoms in total. The molecule has 1 amide bonds. The van der Waals surface area contributed by atoms with E-state index in [2.05, 4.69) is 5.48 Å². The summed E-state index contributed by atoms with van der Waals surface area (Å²) in [6.45, 7) is 1.58. The molecule has 2 saturated heterocycles. The molecule has 0 bridgehead atoms. The van der Waals surface area contributed by atoms with Crippen LogP contribution in [-0.4, -0.2) is 44.6 Å². The van der Waals surface area contributed by atoms with Crippen molar-refractivity contribution in [3.05, 3.63) is 29.8 Å². The average molecular weight is 368 g/mol. The minimum absolute atomic E-state index is 0.0163. The lowest BCUT2D eigenvalue weighted by molar-refractivity contribution is -0.186. The molecule has 3 rings (SSSR count). The lowest BCUT2D eigenvalue weighted by Gasteiger charge is -2.27. The maximum absolute atomic E-state index is 12.9. The molecular weight excluding hydrogens is 344 g/mol. The van der Waals surface area contributed by atoms with Crippen LogP contribution in [-0.2, 0) is 19.6 Å². The fourth-order valence-electron chi connectivity index (χ4n) is 3.10. The van der Waals surface area contributed by atoms with E-state index in [0.29, 0.717) is 26.1 Å². The first-order valence-corrected chi connectivity index (χ1v) is 10.2. The monoisotopic (exact) mass is 368 g/mol. The van der Waals surface area contributed by atoms with Crippen molar-refractivity contribution in [2.45, 2.75) is 49.7 Å². The Morgan fingerprint density at radius 2 is 1.88 bits per heavy atom. The van der Waals surface area contributed by atoms with E-state index < -0.39 is 22.2 Å². The predicted molar refractivity (Wildman–Crippen MR) is 91.2 cm³/mol. The molecule has 0 aromatic heterocycles. The molecule has 138 valence electrons. The van der Waals surface area contributed by atoms with E-state index in [4.69, 9.17) is 9.57 Å². The van der Waals surface area contributed by atoms with Crippen LogP contribution in [0.2, 0.25) is 0 Å². The Labute approximate surface area is 148 Å². The van der Waals surface area contributed by atoms with Gasteiger partial charge in [-0.15, -0.1) is 0 Å². The number of hydrogen-bond acceptors (Lipinski definition) is 5. The summed E-state index contributed by atoms with van der Waals surface area (Å²) in [5.74, 6) is -0.578. The Kier molecular flexibility index (Phi) is 6.06. The molecular formula is C17H24N2O5S. The van der Waals surface area contributed by atoms with Crippen LogP contribution in [0.4, 0.5) is 0 Å². The molecule has 1 N–H and O–H groups in total. The molecule has 2 aliphatic heterocycles. The van der Waals surface area contributed by atoms with Crippen LogP contribution >= 0.6 is 0 Å². The van der Waals surface area contributed by atoms with E-state index in [1.54, 1.807) is 12.1 Å². The minimum atomic E-state index is -3.70. The van der Waals surface area contributed by atoms with Crippen LogP contribution in [0.25, 0.3) is 0 Å². The highest BCUT2D eigenvalue weighted by atomic mass is 32.2. The number of carbonyl (C=O) groups is 1. The van der Waals surface area contributed by atoms with Crippen molar-refractivity contribution in [2.75, 3.05) is 19.7 Å². The number of benzene rings is 1. The predicted octanol–water partition coefficient (Wildman–Crippen LogP) is 2.05. The molecule has 0 radical (unpaired) electrons. The molecule has 1 aromatic carbocycles. The number of rotatable bonds is 5. The third kappa shape index (κ3) is 4.38. The highest BCUT2D eigenvalue weighted by molar-refractivity contribution is 7.89. The van der Waals surface area contributed by atoms with Crippen LogP contribution in [0.15, 0.2) is 29.2 Å². The highest BCUT2D eigenvalue weighted by Gasteiger charge is 2.30. The van der Waals surface area contributed by atoms with Gasteiger partial charge in [-0.3, -0.25) is 4.79 Å². The third-order valence-corrected chi connectivity index (χ3v) is 6.44. The summed E-state index contributed by atoms with van der Waals surface area (Å²) in [4.78, 5) is 17.8. The van der Waals surface area contributed by atoms with E-state index in [0.717, 1.165) is 32.1 Å². The van der Waals surface area contributed by atoms with Crippen molar-refractivity contribution in [2.24, 2.45) is 0 Å². The Balaban J connectivity index is 1.74. The number of nitrogens with one attached hydrogen (secondary N) is 1. The zero-order chi connectivity index (χ0) is 17.7. The van der Waals surface area contributed by atoms with Gasteiger partial charge in [0.2, 0.25) is 10.0 Å². The van der Waals surface area contributed by atoms with Crippen molar-refractivity contribution in [3.8, 4) is 0 Å². The van der Waals surface area contributed by atoms with Crippen LogP contribution in [0, 0.1) is 0 Å². The number of hydrogen-bond donors (Lipinski definition) is 1. The normalized spacial score (nSPS) is 22.5. The maximum Gasteiger partial charge on any atom is 0.276 e. The van der Waals surface area contributed by atoms with Crippen molar-refractivity contribution < 1.29 is 22.8 Å². The van der Waals surface area contributed by atoms with Crippen molar-refractivity contribution in [3.63, 3.8) is 0 Å². The van der Waals surface area contributed by atoms with Gasteiger partial charge in [-0.05, 0) is 37.8 Å². The molecule has 0 saturated carbocycles. The molecule has 2 heterocycles. The summed E-state index contributed by atoms with van der Waals surface area (Å²) in [5, 5.41) is 0. The Morgan fingerprint density at radius 3 is 2.60 bits per heavy atom. The van der Waals surface area contributed by atoms with Gasteiger partial charge in [0, 0.05) is 26.1 Å². The molecule has 1 unspecified atom stereocenters. The van der Waals surface area contributed by atoms with Gasteiger partial charge in [0.1, 0.15) is 0 Å². The Hall–Kier alpha value is -1.48. The van der Waals surface area contributed by atoms with Gasteiger partial charge in [0.25, 0.3) is 5.91 Å². The lowest BCUT2D eigenvalue weighted by Crippen LogP contribution is -2.38. The van der Waals surface area contributed by atoms with Crippen LogP contribution in [0.1, 0.15) is 48.9 Å². The lowest BCUT2D eigenvalue weighted by atomic mass is 10.2. The molecule has 0 aliphatic carbocycles. The molecule has 1 atom stereocenters. The number of ether oxygens (including phenoxy) is 1. The second-order valence-corrected chi connectivity index (χ2v) is 8.21. The zero-order valence-corrected chi connectivity index (χ0v) is 15.0. The molecule has 2 aliphatic rings. The number of hydroxylamine groups is 1. The molecule has 2 fully saturated rings. The summed E-state index contributed by atoms with van der Waals surface area (Å²) in [6, 6.07) is 6.23. The van der Waals surface area contributed by atoms with Crippen molar-refractivity contribution in [1.29, 1.82) is 0 Å². The SMILES string of the molecule is O=C(NOC1CCCCO1)c1ccccc1S(=O)(=O)N1CCCCC1. The summed E-state index contributed by atoms with van der Waals surface area (Å²) in [6.07, 6.45) is 4.89. The molecule has 25 heavy (non-hydrogen) atoms. The van der Waals surface area contributed by atoms with Gasteiger partial charge in [0.15, 0.2) is 6.29 Å². The van der Waals surface area contributed by atoms with Gasteiger partial charge < -0.3 is 4.74 Å². The third-order valence-electron chi connectivity index (χ3n) is 4.49. The standard InChI is InChI=1S/C17H24N2O5S/c20-17(18-24-16-10-4-7-13-23-16)14-8-2-3-9-15(14)25(21,22)19-11-5-1-6-12-19/h2-3,8-9,16H,1,4-7,10-13H2,(H,18,20). The van der Waals surface area contributed by atoms with Crippen molar-refractivity contribution in [1.82, 2.24) is 9.79 Å². The molecule has 1 aromatic rings. The topological polar surface area (TPSA) is 84.9 Å². The second kappa shape index (κ2) is 8.27. The van der Waals surface area contributed by atoms with Gasteiger partial charge >= 0.3 is 0 Å². The first-order valence-electron chi connectivity index (χ1n) is 8.76. The summed E-state index contributed by atoms with van der Waals surface area (Å²) < 4.78 is 32.6. The molecule has 0 spiro atoms. The van der Waals surface area contributed by atoms with E-state index in [9.17, 15) is 13.2 Å². The fraction of sp³-hybridized carbons (Fsp3) is 0.588. The van der Waals surface area contributed by atoms with Crippen LogP contribution in [0.5, 0.6) is 0 Å². The first-order chi connectivity index (χ1) is 12.1. The number of carbonyl (C=O) groups excluding carboxylic acids is 1. The zero-order valence-electron chi connectivity index (χ0n) is 14.1.